The van der Waals surface area contributed by atoms with E-state index in [1.807, 2.05) is 12.4 Å². The molecule has 0 saturated heterocycles. The molecule has 0 amide bonds. The third kappa shape index (κ3) is 1.74. The first-order valence-electron chi connectivity index (χ1n) is 7.23. The summed E-state index contributed by atoms with van der Waals surface area (Å²) >= 11 is 0. The van der Waals surface area contributed by atoms with Crippen LogP contribution in [0.25, 0.3) is 11.1 Å². The van der Waals surface area contributed by atoms with Crippen LogP contribution in [0.3, 0.4) is 0 Å². The van der Waals surface area contributed by atoms with E-state index in [1.54, 1.807) is 0 Å². The summed E-state index contributed by atoms with van der Waals surface area (Å²) in [6.45, 7) is 2.14. The van der Waals surface area contributed by atoms with Gasteiger partial charge in [0, 0.05) is 24.2 Å². The molecule has 0 aliphatic heterocycles. The highest BCUT2D eigenvalue weighted by Gasteiger charge is 2.36. The second kappa shape index (κ2) is 4.45. The average Bonchev–Trinajstić information content (AvgIpc) is 3.10. The van der Waals surface area contributed by atoms with E-state index >= 15 is 0 Å². The van der Waals surface area contributed by atoms with Crippen LogP contribution in [-0.4, -0.2) is 4.98 Å². The lowest BCUT2D eigenvalue weighted by molar-refractivity contribution is 0.746. The minimum Gasteiger partial charge on any atom is -0.265 e. The number of aryl methyl sites for hydroxylation is 1. The van der Waals surface area contributed by atoms with Gasteiger partial charge in [-0.1, -0.05) is 42.0 Å². The van der Waals surface area contributed by atoms with E-state index < -0.39 is 0 Å². The van der Waals surface area contributed by atoms with Crippen molar-refractivity contribution in [1.82, 2.24) is 4.98 Å². The summed E-state index contributed by atoms with van der Waals surface area (Å²) in [5, 5.41) is 0. The third-order valence-electron chi connectivity index (χ3n) is 4.47. The van der Waals surface area contributed by atoms with Gasteiger partial charge in [-0.25, -0.2) is 0 Å². The Labute approximate surface area is 119 Å². The standard InChI is InChI=1S/C19H17N/c1-13-2-4-14(5-3-13)18-16-6-7-17(12-16)19(18)15-8-10-20-11-9-15/h2-11,16-17H,12H2,1H3. The molecule has 0 saturated carbocycles. The van der Waals surface area contributed by atoms with Crippen molar-refractivity contribution in [2.24, 2.45) is 11.8 Å². The van der Waals surface area contributed by atoms with E-state index in [4.69, 9.17) is 0 Å². The summed E-state index contributed by atoms with van der Waals surface area (Å²) in [5.41, 5.74) is 7.04. The first-order chi connectivity index (χ1) is 9.83. The summed E-state index contributed by atoms with van der Waals surface area (Å²) in [6.07, 6.45) is 9.78. The molecule has 2 atom stereocenters. The van der Waals surface area contributed by atoms with Crippen LogP contribution in [0.1, 0.15) is 23.1 Å². The van der Waals surface area contributed by atoms with Gasteiger partial charge in [-0.05, 0) is 47.8 Å². The van der Waals surface area contributed by atoms with Gasteiger partial charge < -0.3 is 0 Å². The van der Waals surface area contributed by atoms with Crippen LogP contribution in [0.4, 0.5) is 0 Å². The molecule has 98 valence electrons. The maximum Gasteiger partial charge on any atom is 0.0273 e. The molecule has 20 heavy (non-hydrogen) atoms. The second-order valence-electron chi connectivity index (χ2n) is 5.76. The molecule has 2 unspecified atom stereocenters. The predicted octanol–water partition coefficient (Wildman–Crippen LogP) is 4.51. The Kier molecular flexibility index (Phi) is 2.59. The van der Waals surface area contributed by atoms with E-state index in [0.29, 0.717) is 11.8 Å². The quantitative estimate of drug-likeness (QED) is 0.723. The number of pyridine rings is 1. The van der Waals surface area contributed by atoms with Gasteiger partial charge in [0.2, 0.25) is 0 Å². The van der Waals surface area contributed by atoms with Crippen LogP contribution in [0.2, 0.25) is 0 Å². The van der Waals surface area contributed by atoms with Gasteiger partial charge in [0.25, 0.3) is 0 Å². The van der Waals surface area contributed by atoms with Crippen LogP contribution in [0, 0.1) is 18.8 Å². The molecule has 1 nitrogen and oxygen atoms in total. The lowest BCUT2D eigenvalue weighted by Crippen LogP contribution is -1.98. The van der Waals surface area contributed by atoms with E-state index in [-0.39, 0.29) is 0 Å². The van der Waals surface area contributed by atoms with E-state index in [2.05, 4.69) is 60.5 Å². The van der Waals surface area contributed by atoms with Gasteiger partial charge in [-0.15, -0.1) is 0 Å². The van der Waals surface area contributed by atoms with E-state index in [0.717, 1.165) is 0 Å². The molecular formula is C19H17N. The number of hydrogen-bond acceptors (Lipinski definition) is 1. The van der Waals surface area contributed by atoms with Gasteiger partial charge in [0.05, 0.1) is 0 Å². The zero-order valence-corrected chi connectivity index (χ0v) is 11.6. The number of hydrogen-bond donors (Lipinski definition) is 0. The lowest BCUT2D eigenvalue weighted by Gasteiger charge is -2.17. The number of rotatable bonds is 2. The molecule has 4 rings (SSSR count). The van der Waals surface area contributed by atoms with Crippen molar-refractivity contribution >= 4 is 11.1 Å². The SMILES string of the molecule is Cc1ccc(C2=C(c3ccncc3)C3C=CC2C3)cc1. The molecule has 1 aromatic heterocycles. The fourth-order valence-electron chi connectivity index (χ4n) is 3.53. The van der Waals surface area contributed by atoms with Crippen LogP contribution in [0.5, 0.6) is 0 Å². The molecule has 1 aromatic carbocycles. The van der Waals surface area contributed by atoms with E-state index in [9.17, 15) is 0 Å². The van der Waals surface area contributed by atoms with Crippen LogP contribution in [-0.2, 0) is 0 Å². The molecule has 0 radical (unpaired) electrons. The fourth-order valence-corrected chi connectivity index (χ4v) is 3.53. The Hall–Kier alpha value is -2.15. The molecule has 2 aromatic rings. The van der Waals surface area contributed by atoms with Crippen LogP contribution in [0.15, 0.2) is 60.9 Å². The number of aromatic nitrogens is 1. The smallest absolute Gasteiger partial charge is 0.0273 e. The summed E-state index contributed by atoms with van der Waals surface area (Å²) in [5.74, 6) is 1.17. The molecule has 0 N–H and O–H groups in total. The highest BCUT2D eigenvalue weighted by Crippen LogP contribution is 2.52. The first-order valence-corrected chi connectivity index (χ1v) is 7.23. The normalized spacial score (nSPS) is 23.6. The Morgan fingerprint density at radius 3 is 1.95 bits per heavy atom. The molecule has 2 aliphatic carbocycles. The molecule has 0 spiro atoms. The molecule has 1 heterocycles. The molecule has 2 aliphatic rings. The van der Waals surface area contributed by atoms with Crippen molar-refractivity contribution in [3.8, 4) is 0 Å². The molecule has 0 fully saturated rings. The first kappa shape index (κ1) is 11.7. The van der Waals surface area contributed by atoms with Gasteiger partial charge >= 0.3 is 0 Å². The Balaban J connectivity index is 1.89. The van der Waals surface area contributed by atoms with Crippen molar-refractivity contribution in [1.29, 1.82) is 0 Å². The second-order valence-corrected chi connectivity index (χ2v) is 5.76. The summed E-state index contributed by atoms with van der Waals surface area (Å²) < 4.78 is 0. The molecule has 1 heteroatoms. The summed E-state index contributed by atoms with van der Waals surface area (Å²) in [4.78, 5) is 4.15. The number of fused-ring (bicyclic) bond motifs is 2. The highest BCUT2D eigenvalue weighted by atomic mass is 14.6. The van der Waals surface area contributed by atoms with Gasteiger partial charge in [0.15, 0.2) is 0 Å². The van der Waals surface area contributed by atoms with Crippen molar-refractivity contribution in [3.63, 3.8) is 0 Å². The lowest BCUT2D eigenvalue weighted by atomic mass is 9.87. The minimum atomic E-state index is 0.582. The van der Waals surface area contributed by atoms with E-state index in [1.165, 1.54) is 34.3 Å². The fraction of sp³-hybridized carbons (Fsp3) is 0.211. The maximum absolute atomic E-state index is 4.15. The molecular weight excluding hydrogens is 242 g/mol. The van der Waals surface area contributed by atoms with Gasteiger partial charge in [0.1, 0.15) is 0 Å². The maximum atomic E-state index is 4.15. The zero-order valence-electron chi connectivity index (χ0n) is 11.6. The average molecular weight is 259 g/mol. The summed E-state index contributed by atoms with van der Waals surface area (Å²) in [6, 6.07) is 13.2. The Morgan fingerprint density at radius 2 is 1.35 bits per heavy atom. The number of allylic oxidation sites excluding steroid dienone is 4. The van der Waals surface area contributed by atoms with Gasteiger partial charge in [-0.3, -0.25) is 4.98 Å². The zero-order chi connectivity index (χ0) is 13.5. The summed E-state index contributed by atoms with van der Waals surface area (Å²) in [7, 11) is 0. The topological polar surface area (TPSA) is 12.9 Å². The number of nitrogens with zero attached hydrogens (tertiary/aromatic N) is 1. The van der Waals surface area contributed by atoms with Crippen molar-refractivity contribution in [3.05, 3.63) is 77.6 Å². The van der Waals surface area contributed by atoms with Crippen molar-refractivity contribution in [2.75, 3.05) is 0 Å². The van der Waals surface area contributed by atoms with Gasteiger partial charge in [-0.2, -0.15) is 0 Å². The number of benzene rings is 1. The van der Waals surface area contributed by atoms with Crippen molar-refractivity contribution in [2.45, 2.75) is 13.3 Å². The largest absolute Gasteiger partial charge is 0.265 e. The highest BCUT2D eigenvalue weighted by molar-refractivity contribution is 5.97. The Bertz CT molecular complexity index is 692. The predicted molar refractivity (Wildman–Crippen MR) is 83.0 cm³/mol. The third-order valence-corrected chi connectivity index (χ3v) is 4.47. The van der Waals surface area contributed by atoms with Crippen molar-refractivity contribution < 1.29 is 0 Å². The van der Waals surface area contributed by atoms with Crippen LogP contribution < -0.4 is 0 Å². The molecule has 2 bridgehead atoms. The monoisotopic (exact) mass is 259 g/mol. The minimum absolute atomic E-state index is 0.582. The Morgan fingerprint density at radius 1 is 0.800 bits per heavy atom. The van der Waals surface area contributed by atoms with Crippen LogP contribution >= 0.6 is 0 Å².